The highest BCUT2D eigenvalue weighted by Gasteiger charge is 2.15. The summed E-state index contributed by atoms with van der Waals surface area (Å²) in [4.78, 5) is 12.1. The van der Waals surface area contributed by atoms with Crippen molar-refractivity contribution < 1.29 is 19.0 Å². The number of nitrogens with one attached hydrogen (secondary N) is 1. The first kappa shape index (κ1) is 17.2. The Hall–Kier alpha value is -2.11. The molecule has 0 saturated carbocycles. The Balaban J connectivity index is 2.05. The molecule has 2 aromatic rings. The van der Waals surface area contributed by atoms with Crippen LogP contribution in [-0.2, 0) is 0 Å². The Labute approximate surface area is 138 Å². The molecule has 6 heteroatoms. The predicted molar refractivity (Wildman–Crippen MR) is 86.4 cm³/mol. The minimum absolute atomic E-state index is 0.00124. The van der Waals surface area contributed by atoms with Gasteiger partial charge in [0.25, 0.3) is 5.91 Å². The summed E-state index contributed by atoms with van der Waals surface area (Å²) in [5.74, 6) is -0.326. The quantitative estimate of drug-likeness (QED) is 0.880. The standard InChI is InChI=1S/C17H17ClFNO3/c1-10-6-13(14(18)8-15(10)19)17(22)20-9-16(21)11-4-3-5-12(7-11)23-2/h3-8,16,21H,9H2,1-2H3,(H,20,22). The van der Waals surface area contributed by atoms with Gasteiger partial charge in [0.15, 0.2) is 0 Å². The van der Waals surface area contributed by atoms with Gasteiger partial charge in [-0.05, 0) is 42.3 Å². The van der Waals surface area contributed by atoms with Gasteiger partial charge in [-0.2, -0.15) is 0 Å². The first-order valence-electron chi connectivity index (χ1n) is 6.98. The predicted octanol–water partition coefficient (Wildman–Crippen LogP) is 3.26. The zero-order chi connectivity index (χ0) is 17.0. The zero-order valence-corrected chi connectivity index (χ0v) is 13.5. The molecule has 0 radical (unpaired) electrons. The first-order valence-corrected chi connectivity index (χ1v) is 7.36. The van der Waals surface area contributed by atoms with E-state index in [1.54, 1.807) is 31.2 Å². The van der Waals surface area contributed by atoms with Gasteiger partial charge in [0, 0.05) is 6.54 Å². The summed E-state index contributed by atoms with van der Waals surface area (Å²) in [5.41, 5.74) is 1.11. The minimum atomic E-state index is -0.894. The second-order valence-electron chi connectivity index (χ2n) is 5.08. The smallest absolute Gasteiger partial charge is 0.252 e. The monoisotopic (exact) mass is 337 g/mol. The number of aryl methyl sites for hydroxylation is 1. The Morgan fingerprint density at radius 3 is 2.83 bits per heavy atom. The third kappa shape index (κ3) is 4.21. The second-order valence-corrected chi connectivity index (χ2v) is 5.49. The van der Waals surface area contributed by atoms with Crippen molar-refractivity contribution in [2.75, 3.05) is 13.7 Å². The number of aliphatic hydroxyl groups excluding tert-OH is 1. The van der Waals surface area contributed by atoms with E-state index in [1.165, 1.54) is 13.2 Å². The third-order valence-electron chi connectivity index (χ3n) is 3.43. The van der Waals surface area contributed by atoms with Gasteiger partial charge in [0.05, 0.1) is 23.8 Å². The van der Waals surface area contributed by atoms with Crippen LogP contribution in [0.1, 0.15) is 27.6 Å². The largest absolute Gasteiger partial charge is 0.497 e. The van der Waals surface area contributed by atoms with E-state index in [2.05, 4.69) is 5.32 Å². The van der Waals surface area contributed by atoms with Crippen LogP contribution in [0.15, 0.2) is 36.4 Å². The van der Waals surface area contributed by atoms with E-state index in [1.807, 2.05) is 0 Å². The van der Waals surface area contributed by atoms with Crippen LogP contribution in [0.5, 0.6) is 5.75 Å². The molecule has 2 aromatic carbocycles. The number of amides is 1. The summed E-state index contributed by atoms with van der Waals surface area (Å²) in [5, 5.41) is 12.8. The first-order chi connectivity index (χ1) is 10.9. The fourth-order valence-electron chi connectivity index (χ4n) is 2.08. The van der Waals surface area contributed by atoms with E-state index in [-0.39, 0.29) is 17.1 Å². The molecule has 0 spiro atoms. The number of hydrogen-bond acceptors (Lipinski definition) is 3. The van der Waals surface area contributed by atoms with E-state index >= 15 is 0 Å². The average molecular weight is 338 g/mol. The molecule has 0 aromatic heterocycles. The Kier molecular flexibility index (Phi) is 5.58. The van der Waals surface area contributed by atoms with Gasteiger partial charge in [-0.15, -0.1) is 0 Å². The number of hydrogen-bond donors (Lipinski definition) is 2. The highest BCUT2D eigenvalue weighted by atomic mass is 35.5. The van der Waals surface area contributed by atoms with Gasteiger partial charge in [-0.25, -0.2) is 4.39 Å². The van der Waals surface area contributed by atoms with Crippen molar-refractivity contribution >= 4 is 17.5 Å². The highest BCUT2D eigenvalue weighted by Crippen LogP contribution is 2.21. The molecule has 1 amide bonds. The van der Waals surface area contributed by atoms with Crippen molar-refractivity contribution in [3.05, 3.63) is 63.9 Å². The molecule has 1 unspecified atom stereocenters. The summed E-state index contributed by atoms with van der Waals surface area (Å²) >= 11 is 5.89. The number of ether oxygens (including phenoxy) is 1. The van der Waals surface area contributed by atoms with Crippen molar-refractivity contribution in [1.82, 2.24) is 5.32 Å². The summed E-state index contributed by atoms with van der Waals surface area (Å²) < 4.78 is 18.5. The topological polar surface area (TPSA) is 58.6 Å². The summed E-state index contributed by atoms with van der Waals surface area (Å²) in [6, 6.07) is 9.41. The van der Waals surface area contributed by atoms with Gasteiger partial charge in [-0.3, -0.25) is 4.79 Å². The lowest BCUT2D eigenvalue weighted by Crippen LogP contribution is -2.28. The number of aliphatic hydroxyl groups is 1. The number of carbonyl (C=O) groups excluding carboxylic acids is 1. The normalized spacial score (nSPS) is 11.9. The summed E-state index contributed by atoms with van der Waals surface area (Å²) in [7, 11) is 1.53. The second kappa shape index (κ2) is 7.44. The maximum Gasteiger partial charge on any atom is 0.252 e. The van der Waals surface area contributed by atoms with E-state index < -0.39 is 17.8 Å². The van der Waals surface area contributed by atoms with Crippen LogP contribution in [0.2, 0.25) is 5.02 Å². The van der Waals surface area contributed by atoms with Crippen molar-refractivity contribution in [2.24, 2.45) is 0 Å². The van der Waals surface area contributed by atoms with Gasteiger partial charge in [0.1, 0.15) is 11.6 Å². The molecular weight excluding hydrogens is 321 g/mol. The Morgan fingerprint density at radius 2 is 2.13 bits per heavy atom. The molecule has 2 rings (SSSR count). The van der Waals surface area contributed by atoms with E-state index in [0.29, 0.717) is 16.9 Å². The maximum absolute atomic E-state index is 13.4. The molecule has 2 N–H and O–H groups in total. The molecule has 1 atom stereocenters. The van der Waals surface area contributed by atoms with Crippen LogP contribution in [0, 0.1) is 12.7 Å². The zero-order valence-electron chi connectivity index (χ0n) is 12.8. The number of halogens is 2. The van der Waals surface area contributed by atoms with Gasteiger partial charge in [-0.1, -0.05) is 23.7 Å². The van der Waals surface area contributed by atoms with Crippen LogP contribution in [0.3, 0.4) is 0 Å². The van der Waals surface area contributed by atoms with Crippen molar-refractivity contribution in [3.63, 3.8) is 0 Å². The fraction of sp³-hybridized carbons (Fsp3) is 0.235. The van der Waals surface area contributed by atoms with Crippen LogP contribution in [0.25, 0.3) is 0 Å². The Morgan fingerprint density at radius 1 is 1.39 bits per heavy atom. The molecule has 23 heavy (non-hydrogen) atoms. The average Bonchev–Trinajstić information content (AvgIpc) is 2.55. The number of methoxy groups -OCH3 is 1. The molecular formula is C17H17ClFNO3. The summed E-state index contributed by atoms with van der Waals surface area (Å²) in [6.07, 6.45) is -0.894. The van der Waals surface area contributed by atoms with Crippen molar-refractivity contribution in [3.8, 4) is 5.75 Å². The molecule has 0 fully saturated rings. The fourth-order valence-corrected chi connectivity index (χ4v) is 2.32. The number of carbonyl (C=O) groups is 1. The molecule has 122 valence electrons. The highest BCUT2D eigenvalue weighted by molar-refractivity contribution is 6.33. The maximum atomic E-state index is 13.4. The molecule has 0 aliphatic heterocycles. The SMILES string of the molecule is COc1cccc(C(O)CNC(=O)c2cc(C)c(F)cc2Cl)c1. The van der Waals surface area contributed by atoms with Crippen LogP contribution >= 0.6 is 11.6 Å². The summed E-state index contributed by atoms with van der Waals surface area (Å²) in [6.45, 7) is 1.55. The Bertz CT molecular complexity index is 721. The van der Waals surface area contributed by atoms with E-state index in [4.69, 9.17) is 16.3 Å². The van der Waals surface area contributed by atoms with Gasteiger partial charge < -0.3 is 15.2 Å². The van der Waals surface area contributed by atoms with Crippen LogP contribution in [-0.4, -0.2) is 24.7 Å². The number of benzene rings is 2. The lowest BCUT2D eigenvalue weighted by Gasteiger charge is -2.14. The number of rotatable bonds is 5. The van der Waals surface area contributed by atoms with Crippen molar-refractivity contribution in [1.29, 1.82) is 0 Å². The van der Waals surface area contributed by atoms with Crippen LogP contribution in [0.4, 0.5) is 4.39 Å². The lowest BCUT2D eigenvalue weighted by molar-refractivity contribution is 0.0916. The van der Waals surface area contributed by atoms with E-state index in [0.717, 1.165) is 6.07 Å². The van der Waals surface area contributed by atoms with Gasteiger partial charge in [0.2, 0.25) is 0 Å². The molecule has 0 heterocycles. The molecule has 0 aliphatic carbocycles. The van der Waals surface area contributed by atoms with Crippen molar-refractivity contribution in [2.45, 2.75) is 13.0 Å². The molecule has 0 bridgehead atoms. The molecule has 0 saturated heterocycles. The lowest BCUT2D eigenvalue weighted by atomic mass is 10.1. The van der Waals surface area contributed by atoms with Gasteiger partial charge >= 0.3 is 0 Å². The minimum Gasteiger partial charge on any atom is -0.497 e. The third-order valence-corrected chi connectivity index (χ3v) is 3.74. The molecule has 4 nitrogen and oxygen atoms in total. The molecule has 0 aliphatic rings. The van der Waals surface area contributed by atoms with Crippen LogP contribution < -0.4 is 10.1 Å². The van der Waals surface area contributed by atoms with E-state index in [9.17, 15) is 14.3 Å².